The zero-order chi connectivity index (χ0) is 19.4. The molecule has 0 N–H and O–H groups in total. The molecule has 1 aromatic carbocycles. The van der Waals surface area contributed by atoms with Crippen molar-refractivity contribution in [3.05, 3.63) is 41.3 Å². The van der Waals surface area contributed by atoms with Gasteiger partial charge in [0.2, 0.25) is 0 Å². The van der Waals surface area contributed by atoms with Gasteiger partial charge in [-0.1, -0.05) is 38.9 Å². The second kappa shape index (κ2) is 8.79. The topological polar surface area (TPSA) is 47.7 Å². The first-order chi connectivity index (χ1) is 13.0. The Hall–Kier alpha value is -2.01. The Morgan fingerprint density at radius 3 is 2.67 bits per heavy atom. The van der Waals surface area contributed by atoms with Gasteiger partial charge in [-0.25, -0.2) is 0 Å². The fraction of sp³-hybridized carbons (Fsp3) is 0.591. The molecule has 27 heavy (non-hydrogen) atoms. The largest absolute Gasteiger partial charge is 0.493 e. The molecule has 1 saturated heterocycles. The highest BCUT2D eigenvalue weighted by Crippen LogP contribution is 2.35. The van der Waals surface area contributed by atoms with Gasteiger partial charge >= 0.3 is 0 Å². The van der Waals surface area contributed by atoms with Gasteiger partial charge in [0.1, 0.15) is 11.5 Å². The maximum absolute atomic E-state index is 5.87. The highest BCUT2D eigenvalue weighted by atomic mass is 16.5. The van der Waals surface area contributed by atoms with Gasteiger partial charge in [0.05, 0.1) is 19.8 Å². The minimum absolute atomic E-state index is 0.323. The van der Waals surface area contributed by atoms with Gasteiger partial charge in [-0.05, 0) is 43.0 Å². The van der Waals surface area contributed by atoms with Gasteiger partial charge in [-0.15, -0.1) is 0 Å². The van der Waals surface area contributed by atoms with Gasteiger partial charge in [0.15, 0.2) is 11.5 Å². The van der Waals surface area contributed by atoms with Crippen LogP contribution in [0.25, 0.3) is 0 Å². The summed E-state index contributed by atoms with van der Waals surface area (Å²) in [5.41, 5.74) is 2.28. The predicted molar refractivity (Wildman–Crippen MR) is 106 cm³/mol. The predicted octanol–water partition coefficient (Wildman–Crippen LogP) is 5.18. The Morgan fingerprint density at radius 1 is 1.19 bits per heavy atom. The quantitative estimate of drug-likeness (QED) is 0.639. The number of likely N-dealkylation sites (tertiary alicyclic amines) is 1. The molecule has 1 fully saturated rings. The van der Waals surface area contributed by atoms with E-state index in [9.17, 15) is 0 Å². The van der Waals surface area contributed by atoms with Crippen LogP contribution in [0.1, 0.15) is 69.5 Å². The monoisotopic (exact) mass is 372 g/mol. The molecule has 1 aromatic heterocycles. The lowest BCUT2D eigenvalue weighted by molar-refractivity contribution is 0.234. The second-order valence-electron chi connectivity index (χ2n) is 8.13. The van der Waals surface area contributed by atoms with Crippen LogP contribution in [0.5, 0.6) is 11.5 Å². The van der Waals surface area contributed by atoms with E-state index in [1.54, 1.807) is 7.11 Å². The SMILES string of the molecule is COc1cc(CN2CCCC2c2cc(C(C)C)on2)ccc1OCC(C)C. The van der Waals surface area contributed by atoms with Crippen LogP contribution in [0.3, 0.4) is 0 Å². The second-order valence-corrected chi connectivity index (χ2v) is 8.13. The number of aromatic nitrogens is 1. The van der Waals surface area contributed by atoms with Crippen molar-refractivity contribution in [3.63, 3.8) is 0 Å². The van der Waals surface area contributed by atoms with Crippen molar-refractivity contribution in [3.8, 4) is 11.5 Å². The fourth-order valence-electron chi connectivity index (χ4n) is 3.50. The number of ether oxygens (including phenoxy) is 2. The molecule has 5 nitrogen and oxygen atoms in total. The molecule has 0 bridgehead atoms. The van der Waals surface area contributed by atoms with Crippen LogP contribution in [0.4, 0.5) is 0 Å². The lowest BCUT2D eigenvalue weighted by Gasteiger charge is -2.23. The van der Waals surface area contributed by atoms with Crippen LogP contribution in [0, 0.1) is 5.92 Å². The molecule has 3 rings (SSSR count). The average molecular weight is 373 g/mol. The number of hydrogen-bond donors (Lipinski definition) is 0. The van der Waals surface area contributed by atoms with Gasteiger partial charge in [0.25, 0.3) is 0 Å². The van der Waals surface area contributed by atoms with Gasteiger partial charge in [0, 0.05) is 18.5 Å². The molecule has 0 radical (unpaired) electrons. The Bertz CT molecular complexity index is 739. The van der Waals surface area contributed by atoms with Crippen LogP contribution in [0.2, 0.25) is 0 Å². The van der Waals surface area contributed by atoms with Crippen molar-refractivity contribution in [2.24, 2.45) is 5.92 Å². The first kappa shape index (κ1) is 19.7. The first-order valence-corrected chi connectivity index (χ1v) is 9.98. The van der Waals surface area contributed by atoms with Crippen molar-refractivity contribution < 1.29 is 14.0 Å². The van der Waals surface area contributed by atoms with E-state index in [0.29, 0.717) is 24.5 Å². The van der Waals surface area contributed by atoms with Crippen LogP contribution in [-0.2, 0) is 6.54 Å². The van der Waals surface area contributed by atoms with Crippen molar-refractivity contribution in [2.75, 3.05) is 20.3 Å². The molecular weight excluding hydrogens is 340 g/mol. The zero-order valence-electron chi connectivity index (χ0n) is 17.2. The van der Waals surface area contributed by atoms with E-state index in [0.717, 1.165) is 42.5 Å². The minimum atomic E-state index is 0.323. The molecule has 2 aromatic rings. The minimum Gasteiger partial charge on any atom is -0.493 e. The Kier molecular flexibility index (Phi) is 6.42. The number of rotatable bonds is 8. The molecule has 5 heteroatoms. The maximum Gasteiger partial charge on any atom is 0.161 e. The smallest absolute Gasteiger partial charge is 0.161 e. The summed E-state index contributed by atoms with van der Waals surface area (Å²) in [6.45, 7) is 11.2. The lowest BCUT2D eigenvalue weighted by atomic mass is 10.1. The normalized spacial score (nSPS) is 17.8. The number of methoxy groups -OCH3 is 1. The van der Waals surface area contributed by atoms with E-state index in [4.69, 9.17) is 14.0 Å². The number of nitrogens with zero attached hydrogens (tertiary/aromatic N) is 2. The Balaban J connectivity index is 1.71. The van der Waals surface area contributed by atoms with E-state index in [1.807, 2.05) is 6.07 Å². The van der Waals surface area contributed by atoms with E-state index in [2.05, 4.69) is 56.0 Å². The molecular formula is C22H32N2O3. The standard InChI is InChI=1S/C22H32N2O3/c1-15(2)14-26-20-9-8-17(11-22(20)25-5)13-24-10-6-7-19(24)18-12-21(16(3)4)27-23-18/h8-9,11-12,15-16,19H,6-7,10,13-14H2,1-5H3. The summed E-state index contributed by atoms with van der Waals surface area (Å²) >= 11 is 0. The van der Waals surface area contributed by atoms with Gasteiger partial charge in [-0.3, -0.25) is 4.90 Å². The van der Waals surface area contributed by atoms with Crippen LogP contribution in [-0.4, -0.2) is 30.3 Å². The maximum atomic E-state index is 5.87. The molecule has 1 atom stereocenters. The summed E-state index contributed by atoms with van der Waals surface area (Å²) in [7, 11) is 1.70. The van der Waals surface area contributed by atoms with E-state index in [1.165, 1.54) is 12.0 Å². The summed E-state index contributed by atoms with van der Waals surface area (Å²) in [5.74, 6) is 3.42. The Labute approximate surface area is 162 Å². The van der Waals surface area contributed by atoms with E-state index >= 15 is 0 Å². The molecule has 0 saturated carbocycles. The molecule has 0 amide bonds. The zero-order valence-corrected chi connectivity index (χ0v) is 17.2. The third kappa shape index (κ3) is 4.83. The average Bonchev–Trinajstić information content (AvgIpc) is 3.29. The van der Waals surface area contributed by atoms with Crippen molar-refractivity contribution >= 4 is 0 Å². The van der Waals surface area contributed by atoms with Crippen LogP contribution < -0.4 is 9.47 Å². The molecule has 2 heterocycles. The number of benzene rings is 1. The van der Waals surface area contributed by atoms with Crippen LogP contribution >= 0.6 is 0 Å². The number of hydrogen-bond acceptors (Lipinski definition) is 5. The van der Waals surface area contributed by atoms with Crippen molar-refractivity contribution in [1.82, 2.24) is 10.1 Å². The molecule has 0 aliphatic carbocycles. The fourth-order valence-corrected chi connectivity index (χ4v) is 3.50. The highest BCUT2D eigenvalue weighted by molar-refractivity contribution is 5.43. The summed E-state index contributed by atoms with van der Waals surface area (Å²) < 4.78 is 16.9. The lowest BCUT2D eigenvalue weighted by Crippen LogP contribution is -2.23. The molecule has 148 valence electrons. The molecule has 0 spiro atoms. The summed E-state index contributed by atoms with van der Waals surface area (Å²) in [6, 6.07) is 8.69. The van der Waals surface area contributed by atoms with Gasteiger partial charge < -0.3 is 14.0 Å². The highest BCUT2D eigenvalue weighted by Gasteiger charge is 2.29. The van der Waals surface area contributed by atoms with E-state index < -0.39 is 0 Å². The molecule has 1 aliphatic heterocycles. The third-order valence-electron chi connectivity index (χ3n) is 5.01. The van der Waals surface area contributed by atoms with Crippen molar-refractivity contribution in [1.29, 1.82) is 0 Å². The Morgan fingerprint density at radius 2 is 2.00 bits per heavy atom. The molecule has 1 unspecified atom stereocenters. The van der Waals surface area contributed by atoms with Gasteiger partial charge in [-0.2, -0.15) is 0 Å². The molecule has 1 aliphatic rings. The van der Waals surface area contributed by atoms with Crippen LogP contribution in [0.15, 0.2) is 28.8 Å². The summed E-state index contributed by atoms with van der Waals surface area (Å²) in [6.07, 6.45) is 2.30. The van der Waals surface area contributed by atoms with E-state index in [-0.39, 0.29) is 0 Å². The third-order valence-corrected chi connectivity index (χ3v) is 5.01. The summed E-state index contributed by atoms with van der Waals surface area (Å²) in [4.78, 5) is 2.48. The summed E-state index contributed by atoms with van der Waals surface area (Å²) in [5, 5.41) is 4.34. The first-order valence-electron chi connectivity index (χ1n) is 9.98. The van der Waals surface area contributed by atoms with Crippen molar-refractivity contribution in [2.45, 2.75) is 59.0 Å².